The van der Waals surface area contributed by atoms with Crippen LogP contribution in [0.2, 0.25) is 0 Å². The Morgan fingerprint density at radius 2 is 1.79 bits per heavy atom. The number of methoxy groups -OCH3 is 1. The summed E-state index contributed by atoms with van der Waals surface area (Å²) in [6.07, 6.45) is 1.36. The lowest BCUT2D eigenvalue weighted by Gasteiger charge is -2.32. The molecular weight excluding hydrogens is 358 g/mol. The van der Waals surface area contributed by atoms with Gasteiger partial charge in [0.25, 0.3) is 5.69 Å². The number of hydrogen-bond acceptors (Lipinski definition) is 5. The van der Waals surface area contributed by atoms with Crippen LogP contribution in [0.5, 0.6) is 0 Å². The zero-order chi connectivity index (χ0) is 19.9. The lowest BCUT2D eigenvalue weighted by molar-refractivity contribution is -0.384. The topological polar surface area (TPSA) is 84.7 Å². The Balaban J connectivity index is 1.55. The normalized spacial score (nSPS) is 14.7. The summed E-state index contributed by atoms with van der Waals surface area (Å²) in [6, 6.07) is 14.7. The molecule has 1 aliphatic rings. The molecule has 0 bridgehead atoms. The van der Waals surface area contributed by atoms with Gasteiger partial charge in [-0.25, -0.2) is 0 Å². The molecule has 2 aromatic carbocycles. The maximum atomic E-state index is 12.6. The van der Waals surface area contributed by atoms with Gasteiger partial charge in [0.15, 0.2) is 0 Å². The van der Waals surface area contributed by atoms with Crippen LogP contribution in [-0.4, -0.2) is 31.0 Å². The fourth-order valence-corrected chi connectivity index (χ4v) is 3.62. The van der Waals surface area contributed by atoms with Crippen molar-refractivity contribution in [3.63, 3.8) is 0 Å². The van der Waals surface area contributed by atoms with E-state index in [2.05, 4.69) is 5.32 Å². The average Bonchev–Trinajstić information content (AvgIpc) is 2.73. The van der Waals surface area contributed by atoms with E-state index in [1.54, 1.807) is 25.3 Å². The van der Waals surface area contributed by atoms with Gasteiger partial charge in [-0.15, -0.1) is 0 Å². The van der Waals surface area contributed by atoms with Crippen molar-refractivity contribution < 1.29 is 14.5 Å². The fourth-order valence-electron chi connectivity index (χ4n) is 3.62. The molecule has 0 aromatic heterocycles. The van der Waals surface area contributed by atoms with Gasteiger partial charge in [0.2, 0.25) is 5.91 Å². The molecule has 7 heteroatoms. The molecule has 2 aromatic rings. The molecule has 0 unspecified atom stereocenters. The number of nitro groups is 1. The summed E-state index contributed by atoms with van der Waals surface area (Å²) in [7, 11) is 1.65. The standard InChI is InChI=1S/C21H25N3O4/c1-28-15-18-7-3-2-6-17(18)14-22-21(25)16-10-12-23(13-11-16)19-8-4-5-9-20(19)24(26)27/h2-9,16H,10-15H2,1H3,(H,22,25). The molecule has 1 fully saturated rings. The van der Waals surface area contributed by atoms with E-state index in [0.29, 0.717) is 44.8 Å². The molecule has 28 heavy (non-hydrogen) atoms. The third-order valence-electron chi connectivity index (χ3n) is 5.16. The number of amides is 1. The Labute approximate surface area is 164 Å². The molecule has 7 nitrogen and oxygen atoms in total. The Morgan fingerprint density at radius 3 is 2.46 bits per heavy atom. The van der Waals surface area contributed by atoms with Gasteiger partial charge < -0.3 is 15.0 Å². The molecule has 1 heterocycles. The molecule has 148 valence electrons. The minimum absolute atomic E-state index is 0.0365. The molecule has 0 spiro atoms. The van der Waals surface area contributed by atoms with Crippen LogP contribution >= 0.6 is 0 Å². The van der Waals surface area contributed by atoms with Gasteiger partial charge in [0, 0.05) is 38.7 Å². The van der Waals surface area contributed by atoms with Gasteiger partial charge in [-0.3, -0.25) is 14.9 Å². The number of nitrogens with one attached hydrogen (secondary N) is 1. The summed E-state index contributed by atoms with van der Waals surface area (Å²) in [5.74, 6) is -0.0389. The van der Waals surface area contributed by atoms with Crippen molar-refractivity contribution in [1.82, 2.24) is 5.32 Å². The molecule has 3 rings (SSSR count). The summed E-state index contributed by atoms with van der Waals surface area (Å²) in [5, 5.41) is 14.3. The van der Waals surface area contributed by atoms with Crippen LogP contribution in [0, 0.1) is 16.0 Å². The van der Waals surface area contributed by atoms with Crippen molar-refractivity contribution in [2.24, 2.45) is 5.92 Å². The number of para-hydroxylation sites is 2. The van der Waals surface area contributed by atoms with Gasteiger partial charge in [0.05, 0.1) is 11.5 Å². The largest absolute Gasteiger partial charge is 0.380 e. The average molecular weight is 383 g/mol. The number of hydrogen-bond donors (Lipinski definition) is 1. The number of piperidine rings is 1. The van der Waals surface area contributed by atoms with Crippen LogP contribution in [0.1, 0.15) is 24.0 Å². The Morgan fingerprint density at radius 1 is 1.14 bits per heavy atom. The van der Waals surface area contributed by atoms with E-state index in [0.717, 1.165) is 11.1 Å². The molecule has 1 saturated heterocycles. The smallest absolute Gasteiger partial charge is 0.292 e. The predicted octanol–water partition coefficient (Wildman–Crippen LogP) is 3.27. The minimum Gasteiger partial charge on any atom is -0.380 e. The number of carbonyl (C=O) groups excluding carboxylic acids is 1. The number of nitro benzene ring substituents is 1. The highest BCUT2D eigenvalue weighted by Crippen LogP contribution is 2.31. The second-order valence-electron chi connectivity index (χ2n) is 6.93. The van der Waals surface area contributed by atoms with E-state index in [-0.39, 0.29) is 22.4 Å². The van der Waals surface area contributed by atoms with E-state index in [4.69, 9.17) is 4.74 Å². The van der Waals surface area contributed by atoms with E-state index in [9.17, 15) is 14.9 Å². The predicted molar refractivity (Wildman–Crippen MR) is 107 cm³/mol. The molecule has 0 saturated carbocycles. The Kier molecular flexibility index (Phi) is 6.60. The van der Waals surface area contributed by atoms with Crippen molar-refractivity contribution in [2.45, 2.75) is 26.0 Å². The maximum Gasteiger partial charge on any atom is 0.292 e. The van der Waals surface area contributed by atoms with Gasteiger partial charge in [-0.1, -0.05) is 36.4 Å². The van der Waals surface area contributed by atoms with Crippen molar-refractivity contribution >= 4 is 17.3 Å². The highest BCUT2D eigenvalue weighted by molar-refractivity contribution is 5.79. The fraction of sp³-hybridized carbons (Fsp3) is 0.381. The highest BCUT2D eigenvalue weighted by atomic mass is 16.6. The maximum absolute atomic E-state index is 12.6. The molecule has 1 N–H and O–H groups in total. The molecular formula is C21H25N3O4. The molecule has 0 aliphatic carbocycles. The van der Waals surface area contributed by atoms with Crippen LogP contribution in [0.25, 0.3) is 0 Å². The first-order valence-corrected chi connectivity index (χ1v) is 9.42. The SMILES string of the molecule is COCc1ccccc1CNC(=O)C1CCN(c2ccccc2[N+](=O)[O-])CC1. The summed E-state index contributed by atoms with van der Waals surface area (Å²) in [6.45, 7) is 2.25. The van der Waals surface area contributed by atoms with Crippen molar-refractivity contribution in [2.75, 3.05) is 25.1 Å². The number of anilines is 1. The van der Waals surface area contributed by atoms with Crippen LogP contribution in [0.3, 0.4) is 0 Å². The summed E-state index contributed by atoms with van der Waals surface area (Å²) in [5.41, 5.74) is 2.85. The third-order valence-corrected chi connectivity index (χ3v) is 5.16. The molecule has 1 aliphatic heterocycles. The van der Waals surface area contributed by atoms with Crippen molar-refractivity contribution in [3.8, 4) is 0 Å². The van der Waals surface area contributed by atoms with Gasteiger partial charge in [-0.05, 0) is 30.0 Å². The number of rotatable bonds is 7. The Hall–Kier alpha value is -2.93. The number of ether oxygens (including phenoxy) is 1. The van der Waals surface area contributed by atoms with Crippen LogP contribution in [0.4, 0.5) is 11.4 Å². The van der Waals surface area contributed by atoms with Crippen molar-refractivity contribution in [1.29, 1.82) is 0 Å². The minimum atomic E-state index is -0.356. The van der Waals surface area contributed by atoms with Crippen LogP contribution in [-0.2, 0) is 22.7 Å². The molecule has 1 amide bonds. The number of carbonyl (C=O) groups is 1. The number of benzene rings is 2. The monoisotopic (exact) mass is 383 g/mol. The highest BCUT2D eigenvalue weighted by Gasteiger charge is 2.28. The third kappa shape index (κ3) is 4.67. The first kappa shape index (κ1) is 19.8. The van der Waals surface area contributed by atoms with Crippen molar-refractivity contribution in [3.05, 3.63) is 69.8 Å². The summed E-state index contributed by atoms with van der Waals surface area (Å²) >= 11 is 0. The second-order valence-corrected chi connectivity index (χ2v) is 6.93. The first-order valence-electron chi connectivity index (χ1n) is 9.42. The summed E-state index contributed by atoms with van der Waals surface area (Å²) in [4.78, 5) is 25.5. The van der Waals surface area contributed by atoms with Crippen LogP contribution in [0.15, 0.2) is 48.5 Å². The van der Waals surface area contributed by atoms with E-state index in [1.165, 1.54) is 6.07 Å². The molecule has 0 radical (unpaired) electrons. The zero-order valence-electron chi connectivity index (χ0n) is 16.0. The van der Waals surface area contributed by atoms with E-state index < -0.39 is 0 Å². The quantitative estimate of drug-likeness (QED) is 0.586. The van der Waals surface area contributed by atoms with Crippen LogP contribution < -0.4 is 10.2 Å². The van der Waals surface area contributed by atoms with E-state index in [1.807, 2.05) is 29.2 Å². The lowest BCUT2D eigenvalue weighted by atomic mass is 9.95. The van der Waals surface area contributed by atoms with E-state index >= 15 is 0 Å². The van der Waals surface area contributed by atoms with Gasteiger partial charge >= 0.3 is 0 Å². The zero-order valence-corrected chi connectivity index (χ0v) is 16.0. The Bertz CT molecular complexity index is 832. The molecule has 0 atom stereocenters. The number of nitrogens with zero attached hydrogens (tertiary/aromatic N) is 2. The van der Waals surface area contributed by atoms with Gasteiger partial charge in [0.1, 0.15) is 5.69 Å². The lowest BCUT2D eigenvalue weighted by Crippen LogP contribution is -2.40. The van der Waals surface area contributed by atoms with Gasteiger partial charge in [-0.2, -0.15) is 0 Å². The summed E-state index contributed by atoms with van der Waals surface area (Å²) < 4.78 is 5.21. The second kappa shape index (κ2) is 9.32. The first-order chi connectivity index (χ1) is 13.6.